The minimum absolute atomic E-state index is 0.234. The third kappa shape index (κ3) is 5.28. The molecule has 1 fully saturated rings. The monoisotopic (exact) mass is 643 g/mol. The van der Waals surface area contributed by atoms with E-state index in [1.807, 2.05) is 0 Å². The van der Waals surface area contributed by atoms with Crippen molar-refractivity contribution in [2.75, 3.05) is 17.3 Å². The molecule has 2 aliphatic rings. The molecular formula is C30H21F4N3O5S2. The van der Waals surface area contributed by atoms with Crippen molar-refractivity contribution in [1.82, 2.24) is 4.57 Å². The average Bonchev–Trinajstić information content (AvgIpc) is 3.43. The van der Waals surface area contributed by atoms with Gasteiger partial charge in [-0.1, -0.05) is 41.3 Å². The van der Waals surface area contributed by atoms with Crippen LogP contribution in [0.15, 0.2) is 82.6 Å². The van der Waals surface area contributed by atoms with Crippen LogP contribution in [0.5, 0.6) is 5.75 Å². The zero-order valence-electron chi connectivity index (χ0n) is 22.6. The molecular weight excluding hydrogens is 622 g/mol. The maximum atomic E-state index is 13.9. The van der Waals surface area contributed by atoms with E-state index in [1.165, 1.54) is 42.0 Å². The molecule has 0 aliphatic carbocycles. The summed E-state index contributed by atoms with van der Waals surface area (Å²) in [5.41, 5.74) is -0.365. The lowest BCUT2D eigenvalue weighted by atomic mass is 9.83. The van der Waals surface area contributed by atoms with Gasteiger partial charge < -0.3 is 10.1 Å². The molecule has 8 nitrogen and oxygen atoms in total. The normalized spacial score (nSPS) is 19.5. The molecule has 3 aromatic carbocycles. The first kappa shape index (κ1) is 29.6. The number of methoxy groups -OCH3 is 1. The Morgan fingerprint density at radius 2 is 1.68 bits per heavy atom. The fourth-order valence-electron chi connectivity index (χ4n) is 5.38. The van der Waals surface area contributed by atoms with Gasteiger partial charge >= 0.3 is 11.0 Å². The predicted molar refractivity (Wildman–Crippen MR) is 156 cm³/mol. The van der Waals surface area contributed by atoms with Crippen molar-refractivity contribution in [3.63, 3.8) is 0 Å². The number of nitrogens with one attached hydrogen (secondary N) is 1. The Morgan fingerprint density at radius 3 is 2.34 bits per heavy atom. The molecule has 14 heteroatoms. The minimum atomic E-state index is -4.70. The number of thioether (sulfide) groups is 1. The predicted octanol–water partition coefficient (Wildman–Crippen LogP) is 5.51. The Balaban J connectivity index is 1.39. The van der Waals surface area contributed by atoms with Gasteiger partial charge in [0.15, 0.2) is 0 Å². The van der Waals surface area contributed by atoms with Crippen LogP contribution < -0.4 is 19.8 Å². The second-order valence-corrected chi connectivity index (χ2v) is 12.2. The first-order chi connectivity index (χ1) is 21.0. The van der Waals surface area contributed by atoms with Gasteiger partial charge in [-0.2, -0.15) is 13.2 Å². The summed E-state index contributed by atoms with van der Waals surface area (Å²) in [5.74, 6) is -3.98. The van der Waals surface area contributed by atoms with Gasteiger partial charge in [0.2, 0.25) is 17.7 Å². The fraction of sp³-hybridized carbons (Fsp3) is 0.200. The summed E-state index contributed by atoms with van der Waals surface area (Å²) in [4.78, 5) is 54.5. The van der Waals surface area contributed by atoms with E-state index in [-0.39, 0.29) is 10.7 Å². The van der Waals surface area contributed by atoms with Crippen molar-refractivity contribution in [3.05, 3.63) is 104 Å². The van der Waals surface area contributed by atoms with Crippen molar-refractivity contribution in [2.24, 2.45) is 5.92 Å². The fourth-order valence-corrected chi connectivity index (χ4v) is 8.15. The highest BCUT2D eigenvalue weighted by Gasteiger charge is 2.57. The molecule has 0 bridgehead atoms. The molecule has 4 aromatic rings. The van der Waals surface area contributed by atoms with E-state index in [0.29, 0.717) is 21.9 Å². The zero-order valence-corrected chi connectivity index (χ0v) is 24.3. The van der Waals surface area contributed by atoms with E-state index in [1.54, 1.807) is 24.3 Å². The maximum Gasteiger partial charge on any atom is 0.416 e. The number of nitrogens with zero attached hydrogens (tertiary/aromatic N) is 2. The van der Waals surface area contributed by atoms with E-state index in [4.69, 9.17) is 4.74 Å². The van der Waals surface area contributed by atoms with Gasteiger partial charge in [0.1, 0.15) is 23.4 Å². The van der Waals surface area contributed by atoms with Crippen LogP contribution in [0.4, 0.5) is 28.9 Å². The van der Waals surface area contributed by atoms with E-state index >= 15 is 0 Å². The number of ether oxygens (including phenoxy) is 1. The zero-order chi connectivity index (χ0) is 31.3. The first-order valence-electron chi connectivity index (χ1n) is 13.1. The van der Waals surface area contributed by atoms with Crippen LogP contribution in [0.1, 0.15) is 21.9 Å². The second-order valence-electron chi connectivity index (χ2n) is 10.1. The molecule has 1 aromatic heterocycles. The number of rotatable bonds is 6. The van der Waals surface area contributed by atoms with Gasteiger partial charge in [0, 0.05) is 16.5 Å². The highest BCUT2D eigenvalue weighted by Crippen LogP contribution is 2.54. The lowest BCUT2D eigenvalue weighted by Gasteiger charge is -2.30. The minimum Gasteiger partial charge on any atom is -0.497 e. The van der Waals surface area contributed by atoms with E-state index in [9.17, 15) is 36.7 Å². The van der Waals surface area contributed by atoms with Gasteiger partial charge in [-0.15, -0.1) is 0 Å². The Kier molecular flexibility index (Phi) is 7.58. The molecule has 3 atom stereocenters. The van der Waals surface area contributed by atoms with Crippen LogP contribution >= 0.6 is 23.1 Å². The quantitative estimate of drug-likeness (QED) is 0.220. The van der Waals surface area contributed by atoms with Crippen molar-refractivity contribution >= 4 is 52.2 Å². The number of benzene rings is 3. The highest BCUT2D eigenvalue weighted by molar-refractivity contribution is 8.00. The molecule has 0 radical (unpaired) electrons. The Bertz CT molecular complexity index is 1840. The summed E-state index contributed by atoms with van der Waals surface area (Å²) in [6, 6.07) is 15.7. The number of halogens is 4. The summed E-state index contributed by atoms with van der Waals surface area (Å²) in [6.45, 7) is -0.406. The first-order valence-corrected chi connectivity index (χ1v) is 14.8. The number of alkyl halides is 3. The van der Waals surface area contributed by atoms with Gasteiger partial charge in [-0.05, 0) is 60.2 Å². The summed E-state index contributed by atoms with van der Waals surface area (Å²) in [6.07, 6.45) is -4.70. The third-order valence-electron chi connectivity index (χ3n) is 7.39. The second kappa shape index (κ2) is 11.2. The van der Waals surface area contributed by atoms with Crippen LogP contribution in [0.2, 0.25) is 0 Å². The molecule has 226 valence electrons. The van der Waals surface area contributed by atoms with Crippen LogP contribution in [-0.2, 0) is 27.1 Å². The Morgan fingerprint density at radius 1 is 0.977 bits per heavy atom. The number of thiazole rings is 1. The number of carbonyl (C=O) groups is 3. The van der Waals surface area contributed by atoms with Crippen LogP contribution in [0.3, 0.4) is 0 Å². The summed E-state index contributed by atoms with van der Waals surface area (Å²) < 4.78 is 60.6. The van der Waals surface area contributed by atoms with Crippen molar-refractivity contribution < 1.29 is 36.7 Å². The van der Waals surface area contributed by atoms with E-state index in [0.717, 1.165) is 46.2 Å². The SMILES string of the molecule is COc1ccc(NC(=O)Cn2c3c(sc2=O)[C@H](c2ccc(F)cc2)C2C(=O)N(c4cccc(C(F)(F)F)c4)C(=O)C2S3)cc1. The standard InChI is InChI=1S/C30H21F4N3O5S2/c1-42-20-11-9-18(10-12-20)35-21(38)14-36-28-25(44-29(36)41)22(15-5-7-17(31)8-6-15)23-24(43-28)27(40)37(26(23)39)19-4-2-3-16(13-19)30(32,33)34/h2-13,22-24H,14H2,1H3,(H,35,38)/t22-,23?,24?/m1/s1. The number of hydrogen-bond acceptors (Lipinski definition) is 7. The molecule has 0 spiro atoms. The number of imide groups is 1. The number of anilines is 2. The molecule has 6 rings (SSSR count). The lowest BCUT2D eigenvalue weighted by molar-refractivity contribution is -0.137. The van der Waals surface area contributed by atoms with Gasteiger partial charge in [-0.25, -0.2) is 9.29 Å². The van der Waals surface area contributed by atoms with Gasteiger partial charge in [0.25, 0.3) is 0 Å². The Labute approximate surface area is 255 Å². The number of amides is 3. The number of aromatic nitrogens is 1. The van der Waals surface area contributed by atoms with E-state index in [2.05, 4.69) is 5.32 Å². The number of fused-ring (bicyclic) bond motifs is 2. The highest BCUT2D eigenvalue weighted by atomic mass is 32.2. The van der Waals surface area contributed by atoms with Crippen molar-refractivity contribution in [3.8, 4) is 5.75 Å². The van der Waals surface area contributed by atoms with Gasteiger partial charge in [-0.3, -0.25) is 23.7 Å². The Hall–Kier alpha value is -4.43. The maximum absolute atomic E-state index is 13.9. The van der Waals surface area contributed by atoms with Crippen LogP contribution in [0, 0.1) is 11.7 Å². The van der Waals surface area contributed by atoms with Crippen LogP contribution in [-0.4, -0.2) is 34.6 Å². The van der Waals surface area contributed by atoms with Crippen molar-refractivity contribution in [1.29, 1.82) is 0 Å². The topological polar surface area (TPSA) is 97.7 Å². The average molecular weight is 644 g/mol. The molecule has 1 saturated heterocycles. The summed E-state index contributed by atoms with van der Waals surface area (Å²) >= 11 is 1.72. The molecule has 0 saturated carbocycles. The molecule has 2 aliphatic heterocycles. The molecule has 3 heterocycles. The third-order valence-corrected chi connectivity index (χ3v) is 9.99. The van der Waals surface area contributed by atoms with E-state index < -0.39 is 63.8 Å². The van der Waals surface area contributed by atoms with Crippen LogP contribution in [0.25, 0.3) is 0 Å². The molecule has 3 amide bonds. The largest absolute Gasteiger partial charge is 0.497 e. The van der Waals surface area contributed by atoms with Gasteiger partial charge in [0.05, 0.1) is 29.3 Å². The summed E-state index contributed by atoms with van der Waals surface area (Å²) in [5, 5.41) is 1.86. The number of carbonyl (C=O) groups excluding carboxylic acids is 3. The molecule has 1 N–H and O–H groups in total. The van der Waals surface area contributed by atoms with Crippen molar-refractivity contribution in [2.45, 2.75) is 28.9 Å². The number of hydrogen-bond donors (Lipinski definition) is 1. The smallest absolute Gasteiger partial charge is 0.416 e. The summed E-state index contributed by atoms with van der Waals surface area (Å²) in [7, 11) is 1.50. The molecule has 44 heavy (non-hydrogen) atoms. The molecule has 2 unspecified atom stereocenters. The lowest BCUT2D eigenvalue weighted by Crippen LogP contribution is -2.33.